The van der Waals surface area contributed by atoms with Crippen LogP contribution < -0.4 is 4.74 Å². The molecule has 0 heterocycles. The van der Waals surface area contributed by atoms with Crippen molar-refractivity contribution in [3.05, 3.63) is 74.7 Å². The Kier molecular flexibility index (Phi) is 5.12. The molecule has 0 fully saturated rings. The topological polar surface area (TPSA) is 9.23 Å². The number of methoxy groups -OCH3 is 1. The Hall–Kier alpha value is -1.58. The van der Waals surface area contributed by atoms with Crippen LogP contribution in [0.15, 0.2) is 63.5 Å². The van der Waals surface area contributed by atoms with E-state index in [9.17, 15) is 0 Å². The van der Waals surface area contributed by atoms with Gasteiger partial charge in [0, 0.05) is 10.0 Å². The first-order valence-corrected chi connectivity index (χ1v) is 9.31. The highest BCUT2D eigenvalue weighted by Crippen LogP contribution is 2.45. The molecule has 0 saturated heterocycles. The first kappa shape index (κ1) is 17.2. The third kappa shape index (κ3) is 3.03. The van der Waals surface area contributed by atoms with E-state index in [1.54, 1.807) is 7.11 Å². The van der Waals surface area contributed by atoms with E-state index in [4.69, 9.17) is 4.74 Å². The Morgan fingerprint density at radius 2 is 1.42 bits per heavy atom. The maximum atomic E-state index is 5.64. The van der Waals surface area contributed by atoms with E-state index >= 15 is 0 Å². The zero-order valence-corrected chi connectivity index (χ0v) is 17.0. The first-order chi connectivity index (χ1) is 11.5. The Morgan fingerprint density at radius 1 is 0.792 bits per heavy atom. The molecule has 0 atom stereocenters. The Bertz CT molecular complexity index is 900. The van der Waals surface area contributed by atoms with Crippen LogP contribution >= 0.6 is 31.9 Å². The van der Waals surface area contributed by atoms with Crippen molar-refractivity contribution in [3.8, 4) is 28.0 Å². The van der Waals surface area contributed by atoms with Crippen LogP contribution in [0.3, 0.4) is 0 Å². The minimum atomic E-state index is 0.838. The fraction of sp³-hybridized carbons (Fsp3) is 0.143. The number of hydrogen-bond donors (Lipinski definition) is 0. The van der Waals surface area contributed by atoms with Crippen LogP contribution in [0.4, 0.5) is 0 Å². The molecule has 0 saturated carbocycles. The SMILES string of the molecule is COc1cc(-c2ccccc2Br)c(C)c(-c2ccccc2C)c1Br. The molecule has 0 radical (unpaired) electrons. The minimum absolute atomic E-state index is 0.838. The zero-order chi connectivity index (χ0) is 17.3. The monoisotopic (exact) mass is 444 g/mol. The zero-order valence-electron chi connectivity index (χ0n) is 13.9. The Balaban J connectivity index is 2.37. The van der Waals surface area contributed by atoms with Crippen molar-refractivity contribution in [2.45, 2.75) is 13.8 Å². The fourth-order valence-corrected chi connectivity index (χ4v) is 4.29. The van der Waals surface area contributed by atoms with E-state index in [1.165, 1.54) is 27.8 Å². The smallest absolute Gasteiger partial charge is 0.134 e. The lowest BCUT2D eigenvalue weighted by molar-refractivity contribution is 0.412. The van der Waals surface area contributed by atoms with Gasteiger partial charge < -0.3 is 4.74 Å². The number of rotatable bonds is 3. The molecule has 0 aliphatic heterocycles. The second-order valence-electron chi connectivity index (χ2n) is 5.74. The number of ether oxygens (including phenoxy) is 1. The van der Waals surface area contributed by atoms with Gasteiger partial charge in [-0.1, -0.05) is 58.4 Å². The molecule has 1 nitrogen and oxygen atoms in total. The summed E-state index contributed by atoms with van der Waals surface area (Å²) in [6, 6.07) is 18.8. The molecule has 24 heavy (non-hydrogen) atoms. The van der Waals surface area contributed by atoms with Gasteiger partial charge in [0.15, 0.2) is 0 Å². The third-order valence-corrected chi connectivity index (χ3v) is 5.77. The summed E-state index contributed by atoms with van der Waals surface area (Å²) in [6.07, 6.45) is 0. The molecule has 3 aromatic rings. The van der Waals surface area contributed by atoms with Crippen LogP contribution in [-0.4, -0.2) is 7.11 Å². The van der Waals surface area contributed by atoms with Gasteiger partial charge in [0.2, 0.25) is 0 Å². The summed E-state index contributed by atoms with van der Waals surface area (Å²) < 4.78 is 7.71. The average Bonchev–Trinajstić information content (AvgIpc) is 2.58. The van der Waals surface area contributed by atoms with E-state index in [0.29, 0.717) is 0 Å². The number of aryl methyl sites for hydroxylation is 1. The molecule has 3 heteroatoms. The van der Waals surface area contributed by atoms with Gasteiger partial charge in [-0.2, -0.15) is 0 Å². The highest BCUT2D eigenvalue weighted by molar-refractivity contribution is 9.11. The summed E-state index contributed by atoms with van der Waals surface area (Å²) in [5.74, 6) is 0.838. The van der Waals surface area contributed by atoms with E-state index in [-0.39, 0.29) is 0 Å². The lowest BCUT2D eigenvalue weighted by Crippen LogP contribution is -1.96. The standard InChI is InChI=1S/C21H18Br2O/c1-13-8-4-5-9-15(13)20-14(2)17(12-19(24-3)21(20)23)16-10-6-7-11-18(16)22/h4-12H,1-3H3. The van der Waals surface area contributed by atoms with Gasteiger partial charge in [0.1, 0.15) is 5.75 Å². The molecule has 0 bridgehead atoms. The van der Waals surface area contributed by atoms with Gasteiger partial charge in [0.05, 0.1) is 11.6 Å². The molecule has 0 unspecified atom stereocenters. The van der Waals surface area contributed by atoms with Crippen LogP contribution in [0, 0.1) is 13.8 Å². The summed E-state index contributed by atoms with van der Waals surface area (Å²) in [5, 5.41) is 0. The normalized spacial score (nSPS) is 10.7. The lowest BCUT2D eigenvalue weighted by atomic mass is 9.90. The largest absolute Gasteiger partial charge is 0.496 e. The fourth-order valence-electron chi connectivity index (χ4n) is 3.01. The van der Waals surface area contributed by atoms with Crippen molar-refractivity contribution in [1.82, 2.24) is 0 Å². The number of halogens is 2. The van der Waals surface area contributed by atoms with Crippen molar-refractivity contribution in [2.75, 3.05) is 7.11 Å². The molecular weight excluding hydrogens is 428 g/mol. The van der Waals surface area contributed by atoms with E-state index in [2.05, 4.69) is 94.2 Å². The van der Waals surface area contributed by atoms with Crippen molar-refractivity contribution < 1.29 is 4.74 Å². The molecule has 0 aliphatic carbocycles. The summed E-state index contributed by atoms with van der Waals surface area (Å²) in [6.45, 7) is 4.31. The predicted octanol–water partition coefficient (Wildman–Crippen LogP) is 7.17. The average molecular weight is 446 g/mol. The van der Waals surface area contributed by atoms with E-state index in [0.717, 1.165) is 20.3 Å². The molecule has 0 aliphatic rings. The highest BCUT2D eigenvalue weighted by atomic mass is 79.9. The van der Waals surface area contributed by atoms with Crippen LogP contribution in [-0.2, 0) is 0 Å². The van der Waals surface area contributed by atoms with Crippen molar-refractivity contribution >= 4 is 31.9 Å². The van der Waals surface area contributed by atoms with Gasteiger partial charge in [-0.25, -0.2) is 0 Å². The highest BCUT2D eigenvalue weighted by Gasteiger charge is 2.19. The lowest BCUT2D eigenvalue weighted by Gasteiger charge is -2.19. The van der Waals surface area contributed by atoms with Crippen molar-refractivity contribution in [1.29, 1.82) is 0 Å². The predicted molar refractivity (Wildman–Crippen MR) is 109 cm³/mol. The molecule has 0 amide bonds. The molecule has 3 aromatic carbocycles. The summed E-state index contributed by atoms with van der Waals surface area (Å²) in [5.41, 5.74) is 7.19. The quantitative estimate of drug-likeness (QED) is 0.415. The van der Waals surface area contributed by atoms with Gasteiger partial charge in [-0.05, 0) is 69.7 Å². The molecular formula is C21H18Br2O. The van der Waals surface area contributed by atoms with Crippen molar-refractivity contribution in [2.24, 2.45) is 0 Å². The third-order valence-electron chi connectivity index (χ3n) is 4.29. The summed E-state index contributed by atoms with van der Waals surface area (Å²) in [4.78, 5) is 0. The van der Waals surface area contributed by atoms with Crippen LogP contribution in [0.2, 0.25) is 0 Å². The molecule has 0 spiro atoms. The summed E-state index contributed by atoms with van der Waals surface area (Å²) >= 11 is 7.43. The van der Waals surface area contributed by atoms with Gasteiger partial charge >= 0.3 is 0 Å². The minimum Gasteiger partial charge on any atom is -0.496 e. The maximum absolute atomic E-state index is 5.64. The Labute approximate surface area is 159 Å². The summed E-state index contributed by atoms with van der Waals surface area (Å²) in [7, 11) is 1.71. The molecule has 122 valence electrons. The van der Waals surface area contributed by atoms with Crippen molar-refractivity contribution in [3.63, 3.8) is 0 Å². The number of benzene rings is 3. The molecule has 0 N–H and O–H groups in total. The number of hydrogen-bond acceptors (Lipinski definition) is 1. The van der Waals surface area contributed by atoms with Crippen LogP contribution in [0.25, 0.3) is 22.3 Å². The van der Waals surface area contributed by atoms with Gasteiger partial charge in [-0.3, -0.25) is 0 Å². The van der Waals surface area contributed by atoms with Crippen LogP contribution in [0.5, 0.6) is 5.75 Å². The Morgan fingerprint density at radius 3 is 2.04 bits per heavy atom. The van der Waals surface area contributed by atoms with E-state index < -0.39 is 0 Å². The van der Waals surface area contributed by atoms with Gasteiger partial charge in [-0.15, -0.1) is 0 Å². The second-order valence-corrected chi connectivity index (χ2v) is 7.38. The maximum Gasteiger partial charge on any atom is 0.134 e. The first-order valence-electron chi connectivity index (χ1n) is 7.72. The van der Waals surface area contributed by atoms with E-state index in [1.807, 2.05) is 6.07 Å². The second kappa shape index (κ2) is 7.12. The van der Waals surface area contributed by atoms with Crippen LogP contribution in [0.1, 0.15) is 11.1 Å². The molecule has 3 rings (SSSR count). The van der Waals surface area contributed by atoms with Gasteiger partial charge in [0.25, 0.3) is 0 Å². The molecule has 0 aromatic heterocycles.